The monoisotopic (exact) mass is 307 g/mol. The van der Waals surface area contributed by atoms with E-state index in [2.05, 4.69) is 21.6 Å². The van der Waals surface area contributed by atoms with E-state index in [0.29, 0.717) is 17.7 Å². The number of ether oxygens (including phenoxy) is 2. The van der Waals surface area contributed by atoms with Gasteiger partial charge in [-0.1, -0.05) is 11.8 Å². The van der Waals surface area contributed by atoms with Gasteiger partial charge in [-0.05, 0) is 6.07 Å². The van der Waals surface area contributed by atoms with Gasteiger partial charge in [0, 0.05) is 18.2 Å². The van der Waals surface area contributed by atoms with Gasteiger partial charge in [0.25, 0.3) is 0 Å². The molecule has 0 aromatic carbocycles. The van der Waals surface area contributed by atoms with Crippen LogP contribution >= 0.6 is 11.6 Å². The molecule has 0 aliphatic carbocycles. The Hall–Kier alpha value is -1.45. The number of alkyl halides is 4. The summed E-state index contributed by atoms with van der Waals surface area (Å²) in [7, 11) is 0. The van der Waals surface area contributed by atoms with Crippen LogP contribution in [0.4, 0.5) is 13.2 Å². The average Bonchev–Trinajstić information content (AvgIpc) is 2.40. The second-order valence-electron chi connectivity index (χ2n) is 3.71. The molecule has 0 aliphatic rings. The van der Waals surface area contributed by atoms with Gasteiger partial charge < -0.3 is 9.47 Å². The molecule has 1 aromatic heterocycles. The molecule has 1 heterocycles. The van der Waals surface area contributed by atoms with Crippen LogP contribution in [0, 0.1) is 11.8 Å². The molecule has 0 N–H and O–H groups in total. The van der Waals surface area contributed by atoms with Crippen LogP contribution < -0.4 is 4.74 Å². The summed E-state index contributed by atoms with van der Waals surface area (Å²) < 4.78 is 45.2. The van der Waals surface area contributed by atoms with E-state index >= 15 is 0 Å². The zero-order chi connectivity index (χ0) is 14.8. The van der Waals surface area contributed by atoms with Crippen LogP contribution in [-0.2, 0) is 4.74 Å². The molecule has 0 unspecified atom stereocenters. The Morgan fingerprint density at radius 2 is 2.05 bits per heavy atom. The zero-order valence-corrected chi connectivity index (χ0v) is 11.3. The molecule has 0 fully saturated rings. The van der Waals surface area contributed by atoms with E-state index < -0.39 is 12.8 Å². The van der Waals surface area contributed by atoms with Crippen molar-refractivity contribution in [3.05, 3.63) is 24.0 Å². The Labute approximate surface area is 120 Å². The minimum Gasteiger partial charge on any atom is -0.492 e. The number of hydrogen-bond acceptors (Lipinski definition) is 3. The molecule has 1 rings (SSSR count). The lowest BCUT2D eigenvalue weighted by molar-refractivity contribution is -0.174. The van der Waals surface area contributed by atoms with Crippen LogP contribution in [0.15, 0.2) is 18.5 Å². The lowest BCUT2D eigenvalue weighted by Crippen LogP contribution is -2.18. The van der Waals surface area contributed by atoms with Crippen molar-refractivity contribution in [1.29, 1.82) is 0 Å². The normalized spacial score (nSPS) is 10.8. The van der Waals surface area contributed by atoms with Gasteiger partial charge in [-0.15, -0.1) is 11.6 Å². The fourth-order valence-electron chi connectivity index (χ4n) is 1.24. The number of nitrogens with zero attached hydrogens (tertiary/aromatic N) is 1. The molecule has 0 atom stereocenters. The van der Waals surface area contributed by atoms with Gasteiger partial charge in [-0.2, -0.15) is 13.2 Å². The molecule has 0 radical (unpaired) electrons. The lowest BCUT2D eigenvalue weighted by atomic mass is 10.3. The fraction of sp³-hybridized carbons (Fsp3) is 0.462. The van der Waals surface area contributed by atoms with Crippen LogP contribution in [0.2, 0.25) is 0 Å². The fourth-order valence-corrected chi connectivity index (χ4v) is 1.31. The van der Waals surface area contributed by atoms with Crippen molar-refractivity contribution in [3.8, 4) is 17.6 Å². The standard InChI is InChI=1S/C13H13ClF3NO2/c14-4-1-3-11-7-12(9-18-8-11)20-6-2-5-19-10-13(15,16)17/h7-9H,2,4-6,10H2. The largest absolute Gasteiger partial charge is 0.492 e. The third-order valence-corrected chi connectivity index (χ3v) is 2.11. The summed E-state index contributed by atoms with van der Waals surface area (Å²) in [6.07, 6.45) is -0.866. The highest BCUT2D eigenvalue weighted by molar-refractivity contribution is 6.19. The van der Waals surface area contributed by atoms with E-state index in [1.807, 2.05) is 0 Å². The van der Waals surface area contributed by atoms with Crippen LogP contribution in [0.5, 0.6) is 5.75 Å². The van der Waals surface area contributed by atoms with Crippen molar-refractivity contribution < 1.29 is 22.6 Å². The average molecular weight is 308 g/mol. The molecular weight excluding hydrogens is 295 g/mol. The predicted molar refractivity (Wildman–Crippen MR) is 68.8 cm³/mol. The highest BCUT2D eigenvalue weighted by Crippen LogP contribution is 2.14. The zero-order valence-electron chi connectivity index (χ0n) is 10.5. The smallest absolute Gasteiger partial charge is 0.411 e. The lowest BCUT2D eigenvalue weighted by Gasteiger charge is -2.08. The van der Waals surface area contributed by atoms with Gasteiger partial charge in [0.15, 0.2) is 0 Å². The minimum absolute atomic E-state index is 0.0152. The van der Waals surface area contributed by atoms with Crippen molar-refractivity contribution in [2.24, 2.45) is 0 Å². The van der Waals surface area contributed by atoms with Gasteiger partial charge in [0.1, 0.15) is 12.4 Å². The third-order valence-electron chi connectivity index (χ3n) is 1.98. The molecule has 7 heteroatoms. The first-order valence-corrected chi connectivity index (χ1v) is 6.32. The summed E-state index contributed by atoms with van der Waals surface area (Å²) in [5.74, 6) is 6.20. The number of aromatic nitrogens is 1. The Kier molecular flexibility index (Phi) is 7.20. The van der Waals surface area contributed by atoms with E-state index in [4.69, 9.17) is 16.3 Å². The molecule has 0 aliphatic heterocycles. The van der Waals surface area contributed by atoms with E-state index in [1.165, 1.54) is 6.20 Å². The molecule has 0 spiro atoms. The van der Waals surface area contributed by atoms with Crippen molar-refractivity contribution in [3.63, 3.8) is 0 Å². The Morgan fingerprint density at radius 1 is 1.25 bits per heavy atom. The summed E-state index contributed by atoms with van der Waals surface area (Å²) in [5.41, 5.74) is 0.663. The first-order valence-electron chi connectivity index (χ1n) is 5.78. The van der Waals surface area contributed by atoms with Crippen LogP contribution in [-0.4, -0.2) is 36.9 Å². The highest BCUT2D eigenvalue weighted by Gasteiger charge is 2.27. The maximum Gasteiger partial charge on any atom is 0.411 e. The quantitative estimate of drug-likeness (QED) is 0.460. The van der Waals surface area contributed by atoms with E-state index in [0.717, 1.165) is 0 Å². The molecule has 0 saturated heterocycles. The number of rotatable bonds is 6. The number of pyridine rings is 1. The summed E-state index contributed by atoms with van der Waals surface area (Å²) in [6, 6.07) is 1.68. The molecular formula is C13H13ClF3NO2. The van der Waals surface area contributed by atoms with Crippen molar-refractivity contribution in [1.82, 2.24) is 4.98 Å². The topological polar surface area (TPSA) is 31.4 Å². The molecule has 0 amide bonds. The third kappa shape index (κ3) is 7.87. The van der Waals surface area contributed by atoms with Crippen molar-refractivity contribution >= 4 is 11.6 Å². The summed E-state index contributed by atoms with van der Waals surface area (Å²) in [4.78, 5) is 3.93. The predicted octanol–water partition coefficient (Wildman–Crippen LogP) is 3.02. The molecule has 1 aromatic rings. The van der Waals surface area contributed by atoms with E-state index in [1.54, 1.807) is 12.3 Å². The Balaban J connectivity index is 2.25. The molecule has 3 nitrogen and oxygen atoms in total. The number of hydrogen-bond donors (Lipinski definition) is 0. The summed E-state index contributed by atoms with van der Waals surface area (Å²) >= 11 is 5.44. The molecule has 0 bridgehead atoms. The summed E-state index contributed by atoms with van der Waals surface area (Å²) in [5, 5.41) is 0. The SMILES string of the molecule is FC(F)(F)COCCCOc1cncc(C#CCCl)c1. The van der Waals surface area contributed by atoms with Crippen LogP contribution in [0.3, 0.4) is 0 Å². The minimum atomic E-state index is -4.29. The molecule has 0 saturated carbocycles. The van der Waals surface area contributed by atoms with Crippen LogP contribution in [0.25, 0.3) is 0 Å². The second kappa shape index (κ2) is 8.67. The van der Waals surface area contributed by atoms with Gasteiger partial charge in [0.2, 0.25) is 0 Å². The summed E-state index contributed by atoms with van der Waals surface area (Å²) in [6.45, 7) is -1.01. The molecule has 110 valence electrons. The first kappa shape index (κ1) is 16.6. The number of halogens is 4. The first-order chi connectivity index (χ1) is 9.51. The van der Waals surface area contributed by atoms with E-state index in [-0.39, 0.29) is 19.1 Å². The van der Waals surface area contributed by atoms with Gasteiger partial charge >= 0.3 is 6.18 Å². The molecule has 20 heavy (non-hydrogen) atoms. The van der Waals surface area contributed by atoms with Gasteiger partial charge in [-0.3, -0.25) is 4.98 Å². The van der Waals surface area contributed by atoms with Crippen LogP contribution in [0.1, 0.15) is 12.0 Å². The van der Waals surface area contributed by atoms with Crippen molar-refractivity contribution in [2.45, 2.75) is 12.6 Å². The van der Waals surface area contributed by atoms with Crippen molar-refractivity contribution in [2.75, 3.05) is 25.7 Å². The highest BCUT2D eigenvalue weighted by atomic mass is 35.5. The Morgan fingerprint density at radius 3 is 2.75 bits per heavy atom. The van der Waals surface area contributed by atoms with E-state index in [9.17, 15) is 13.2 Å². The maximum absolute atomic E-state index is 11.8. The maximum atomic E-state index is 11.8. The Bertz CT molecular complexity index is 469. The second-order valence-corrected chi connectivity index (χ2v) is 3.98. The van der Waals surface area contributed by atoms with Gasteiger partial charge in [0.05, 0.1) is 25.3 Å². The van der Waals surface area contributed by atoms with Gasteiger partial charge in [-0.25, -0.2) is 0 Å².